The minimum atomic E-state index is -0.221. The maximum absolute atomic E-state index is 11.8. The number of halogens is 1. The number of hydrogen-bond acceptors (Lipinski definition) is 2. The number of pyridine rings is 1. The number of aromatic nitrogens is 1. The molecule has 1 amide bonds. The third kappa shape index (κ3) is 2.58. The molecule has 0 aliphatic heterocycles. The number of nitrogens with one attached hydrogen (secondary N) is 1. The molecule has 0 atom stereocenters. The van der Waals surface area contributed by atoms with Crippen LogP contribution in [0.25, 0.3) is 0 Å². The molecule has 16 heavy (non-hydrogen) atoms. The van der Waals surface area contributed by atoms with Crippen molar-refractivity contribution in [3.63, 3.8) is 0 Å². The van der Waals surface area contributed by atoms with Crippen molar-refractivity contribution < 1.29 is 4.79 Å². The second kappa shape index (κ2) is 4.77. The molecule has 3 nitrogen and oxygen atoms in total. The van der Waals surface area contributed by atoms with Crippen molar-refractivity contribution in [3.8, 4) is 0 Å². The van der Waals surface area contributed by atoms with Crippen LogP contribution in [-0.2, 0) is 0 Å². The molecule has 80 valence electrons. The first kappa shape index (κ1) is 10.6. The van der Waals surface area contributed by atoms with Crippen molar-refractivity contribution in [3.05, 3.63) is 59.4 Å². The average molecular weight is 233 g/mol. The van der Waals surface area contributed by atoms with E-state index in [2.05, 4.69) is 10.3 Å². The normalized spacial score (nSPS) is 9.81. The van der Waals surface area contributed by atoms with Crippen LogP contribution < -0.4 is 5.32 Å². The van der Waals surface area contributed by atoms with Gasteiger partial charge in [-0.25, -0.2) is 0 Å². The Balaban J connectivity index is 2.15. The molecule has 0 aliphatic rings. The molecule has 1 heterocycles. The van der Waals surface area contributed by atoms with E-state index in [0.29, 0.717) is 10.6 Å². The summed E-state index contributed by atoms with van der Waals surface area (Å²) in [4.78, 5) is 15.6. The van der Waals surface area contributed by atoms with Gasteiger partial charge in [-0.15, -0.1) is 0 Å². The lowest BCUT2D eigenvalue weighted by molar-refractivity contribution is 0.102. The molecule has 1 aromatic heterocycles. The monoisotopic (exact) mass is 232 g/mol. The summed E-state index contributed by atoms with van der Waals surface area (Å²) in [5, 5.41) is 3.19. The Labute approximate surface area is 98.1 Å². The highest BCUT2D eigenvalue weighted by molar-refractivity contribution is 6.30. The zero-order valence-corrected chi connectivity index (χ0v) is 9.11. The Kier molecular flexibility index (Phi) is 3.17. The van der Waals surface area contributed by atoms with Crippen LogP contribution in [0.4, 0.5) is 5.69 Å². The zero-order valence-electron chi connectivity index (χ0n) is 8.35. The first-order valence-corrected chi connectivity index (χ1v) is 5.10. The maximum Gasteiger partial charge on any atom is 0.257 e. The highest BCUT2D eigenvalue weighted by Gasteiger charge is 2.06. The largest absolute Gasteiger partial charge is 0.322 e. The van der Waals surface area contributed by atoms with Gasteiger partial charge in [0.25, 0.3) is 5.91 Å². The molecule has 0 unspecified atom stereocenters. The van der Waals surface area contributed by atoms with Crippen molar-refractivity contribution in [2.75, 3.05) is 5.32 Å². The molecule has 0 saturated carbocycles. The SMILES string of the molecule is O=C(Nc1ccccc1)c1cncc(Cl)c1. The molecule has 0 fully saturated rings. The van der Waals surface area contributed by atoms with Gasteiger partial charge in [0.1, 0.15) is 0 Å². The van der Waals surface area contributed by atoms with Crippen LogP contribution in [0.5, 0.6) is 0 Å². The molecule has 2 rings (SSSR count). The number of hydrogen-bond donors (Lipinski definition) is 1. The third-order valence-electron chi connectivity index (χ3n) is 2.00. The highest BCUT2D eigenvalue weighted by atomic mass is 35.5. The van der Waals surface area contributed by atoms with E-state index in [0.717, 1.165) is 5.69 Å². The molecule has 1 N–H and O–H groups in total. The van der Waals surface area contributed by atoms with E-state index in [-0.39, 0.29) is 5.91 Å². The molecule has 2 aromatic rings. The summed E-state index contributed by atoms with van der Waals surface area (Å²) in [6.07, 6.45) is 2.96. The van der Waals surface area contributed by atoms with E-state index in [1.165, 1.54) is 12.4 Å². The number of rotatable bonds is 2. The summed E-state index contributed by atoms with van der Waals surface area (Å²) in [5.41, 5.74) is 1.18. The Morgan fingerprint density at radius 2 is 1.94 bits per heavy atom. The lowest BCUT2D eigenvalue weighted by Crippen LogP contribution is -2.11. The summed E-state index contributed by atoms with van der Waals surface area (Å²) < 4.78 is 0. The van der Waals surface area contributed by atoms with Crippen LogP contribution in [0.1, 0.15) is 10.4 Å². The summed E-state index contributed by atoms with van der Waals surface area (Å²) in [6, 6.07) is 10.8. The van der Waals surface area contributed by atoms with Crippen LogP contribution >= 0.6 is 11.6 Å². The molecule has 4 heteroatoms. The van der Waals surface area contributed by atoms with Crippen LogP contribution in [0, 0.1) is 0 Å². The van der Waals surface area contributed by atoms with Crippen LogP contribution in [-0.4, -0.2) is 10.9 Å². The lowest BCUT2D eigenvalue weighted by Gasteiger charge is -2.04. The summed E-state index contributed by atoms with van der Waals surface area (Å²) in [6.45, 7) is 0. The predicted molar refractivity (Wildman–Crippen MR) is 63.6 cm³/mol. The topological polar surface area (TPSA) is 42.0 Å². The Bertz CT molecular complexity index is 499. The van der Waals surface area contributed by atoms with Gasteiger partial charge >= 0.3 is 0 Å². The van der Waals surface area contributed by atoms with Gasteiger partial charge < -0.3 is 5.32 Å². The predicted octanol–water partition coefficient (Wildman–Crippen LogP) is 2.99. The Morgan fingerprint density at radius 3 is 2.62 bits per heavy atom. The first-order chi connectivity index (χ1) is 7.75. The zero-order chi connectivity index (χ0) is 11.4. The number of anilines is 1. The lowest BCUT2D eigenvalue weighted by atomic mass is 10.2. The fourth-order valence-electron chi connectivity index (χ4n) is 1.26. The highest BCUT2D eigenvalue weighted by Crippen LogP contribution is 2.11. The second-order valence-electron chi connectivity index (χ2n) is 3.21. The van der Waals surface area contributed by atoms with Gasteiger partial charge in [0.15, 0.2) is 0 Å². The molecular formula is C12H9ClN2O. The standard InChI is InChI=1S/C12H9ClN2O/c13-10-6-9(7-14-8-10)12(16)15-11-4-2-1-3-5-11/h1-8H,(H,15,16). The van der Waals surface area contributed by atoms with Gasteiger partial charge in [0, 0.05) is 18.1 Å². The molecule has 0 saturated heterocycles. The van der Waals surface area contributed by atoms with Gasteiger partial charge in [-0.05, 0) is 18.2 Å². The smallest absolute Gasteiger partial charge is 0.257 e. The molecule has 0 radical (unpaired) electrons. The van der Waals surface area contributed by atoms with Crippen molar-refractivity contribution >= 4 is 23.2 Å². The fraction of sp³-hybridized carbons (Fsp3) is 0. The van der Waals surface area contributed by atoms with Gasteiger partial charge in [0.05, 0.1) is 10.6 Å². The number of carbonyl (C=O) groups is 1. The van der Waals surface area contributed by atoms with E-state index in [1.807, 2.05) is 30.3 Å². The van der Waals surface area contributed by atoms with Crippen molar-refractivity contribution in [2.45, 2.75) is 0 Å². The van der Waals surface area contributed by atoms with Crippen LogP contribution in [0.15, 0.2) is 48.8 Å². The van der Waals surface area contributed by atoms with Gasteiger partial charge in [0.2, 0.25) is 0 Å². The number of benzene rings is 1. The van der Waals surface area contributed by atoms with E-state index in [9.17, 15) is 4.79 Å². The van der Waals surface area contributed by atoms with E-state index in [1.54, 1.807) is 6.07 Å². The van der Waals surface area contributed by atoms with Gasteiger partial charge in [-0.3, -0.25) is 9.78 Å². The molecule has 0 spiro atoms. The van der Waals surface area contributed by atoms with Crippen molar-refractivity contribution in [1.29, 1.82) is 0 Å². The second-order valence-corrected chi connectivity index (χ2v) is 3.65. The number of nitrogens with zero attached hydrogens (tertiary/aromatic N) is 1. The van der Waals surface area contributed by atoms with E-state index in [4.69, 9.17) is 11.6 Å². The number of carbonyl (C=O) groups excluding carboxylic acids is 1. The third-order valence-corrected chi connectivity index (χ3v) is 2.21. The van der Waals surface area contributed by atoms with Gasteiger partial charge in [-0.1, -0.05) is 29.8 Å². The molecule has 0 bridgehead atoms. The van der Waals surface area contributed by atoms with Crippen LogP contribution in [0.3, 0.4) is 0 Å². The number of amides is 1. The van der Waals surface area contributed by atoms with E-state index < -0.39 is 0 Å². The Morgan fingerprint density at radius 1 is 1.19 bits per heavy atom. The fourth-order valence-corrected chi connectivity index (χ4v) is 1.43. The minimum Gasteiger partial charge on any atom is -0.322 e. The van der Waals surface area contributed by atoms with Crippen LogP contribution in [0.2, 0.25) is 5.02 Å². The maximum atomic E-state index is 11.8. The molecular weight excluding hydrogens is 224 g/mol. The first-order valence-electron chi connectivity index (χ1n) is 4.72. The quantitative estimate of drug-likeness (QED) is 0.865. The summed E-state index contributed by atoms with van der Waals surface area (Å²) >= 11 is 5.75. The van der Waals surface area contributed by atoms with Crippen molar-refractivity contribution in [2.24, 2.45) is 0 Å². The van der Waals surface area contributed by atoms with Gasteiger partial charge in [-0.2, -0.15) is 0 Å². The Hall–Kier alpha value is -1.87. The van der Waals surface area contributed by atoms with E-state index >= 15 is 0 Å². The molecule has 0 aliphatic carbocycles. The summed E-state index contributed by atoms with van der Waals surface area (Å²) in [5.74, 6) is -0.221. The summed E-state index contributed by atoms with van der Waals surface area (Å²) in [7, 11) is 0. The molecule has 1 aromatic carbocycles. The minimum absolute atomic E-state index is 0.221. The van der Waals surface area contributed by atoms with Crippen molar-refractivity contribution in [1.82, 2.24) is 4.98 Å². The average Bonchev–Trinajstić information content (AvgIpc) is 2.30. The number of para-hydroxylation sites is 1.